The van der Waals surface area contributed by atoms with Gasteiger partial charge in [-0.15, -0.1) is 0 Å². The zero-order valence-electron chi connectivity index (χ0n) is 15.5. The Morgan fingerprint density at radius 2 is 1.58 bits per heavy atom. The molecule has 0 radical (unpaired) electrons. The van der Waals surface area contributed by atoms with Crippen LogP contribution >= 0.6 is 0 Å². The summed E-state index contributed by atoms with van der Waals surface area (Å²) in [4.78, 5) is 11.8. The standard InChI is InChI=1S/C23H28O3/c1-18(19-10-12-21(13-11-19)20-8-4-2-5-9-20)22-14-17-24-23(26-25-22)15-6-3-7-16-23/h2,4-5,8-13,18,22H,3,6-7,14-17H2,1H3/t18-,22-/m1/s1. The quantitative estimate of drug-likeness (QED) is 0.648. The first-order valence-electron chi connectivity index (χ1n) is 9.90. The number of benzene rings is 2. The van der Waals surface area contributed by atoms with Crippen LogP contribution in [0.4, 0.5) is 0 Å². The number of hydrogen-bond donors (Lipinski definition) is 0. The van der Waals surface area contributed by atoms with Crippen molar-refractivity contribution < 1.29 is 14.5 Å². The lowest BCUT2D eigenvalue weighted by molar-refractivity contribution is -0.436. The fraction of sp³-hybridized carbons (Fsp3) is 0.478. The van der Waals surface area contributed by atoms with Crippen molar-refractivity contribution in [3.05, 3.63) is 60.2 Å². The molecule has 2 aromatic carbocycles. The monoisotopic (exact) mass is 352 g/mol. The van der Waals surface area contributed by atoms with Crippen LogP contribution in [0, 0.1) is 0 Å². The average molecular weight is 352 g/mol. The van der Waals surface area contributed by atoms with E-state index in [1.54, 1.807) is 0 Å². The lowest BCUT2D eigenvalue weighted by atomic mass is 9.92. The molecule has 1 saturated heterocycles. The van der Waals surface area contributed by atoms with Gasteiger partial charge in [0.25, 0.3) is 0 Å². The van der Waals surface area contributed by atoms with Crippen LogP contribution in [0.3, 0.4) is 0 Å². The van der Waals surface area contributed by atoms with E-state index in [1.807, 2.05) is 6.07 Å². The molecule has 4 rings (SSSR count). The third kappa shape index (κ3) is 3.85. The Kier molecular flexibility index (Phi) is 5.39. The van der Waals surface area contributed by atoms with Gasteiger partial charge in [0, 0.05) is 25.2 Å². The number of ether oxygens (including phenoxy) is 1. The molecule has 3 nitrogen and oxygen atoms in total. The molecule has 0 amide bonds. The van der Waals surface area contributed by atoms with Gasteiger partial charge in [-0.05, 0) is 29.5 Å². The molecule has 1 aliphatic carbocycles. The van der Waals surface area contributed by atoms with Gasteiger partial charge in [0.05, 0.1) is 6.61 Å². The molecule has 2 aromatic rings. The Labute approximate surface area is 156 Å². The average Bonchev–Trinajstić information content (AvgIpc) is 2.91. The summed E-state index contributed by atoms with van der Waals surface area (Å²) >= 11 is 0. The van der Waals surface area contributed by atoms with E-state index < -0.39 is 5.79 Å². The van der Waals surface area contributed by atoms with Crippen molar-refractivity contribution in [2.45, 2.75) is 63.3 Å². The van der Waals surface area contributed by atoms with Gasteiger partial charge in [-0.2, -0.15) is 0 Å². The molecule has 2 aliphatic rings. The highest BCUT2D eigenvalue weighted by Crippen LogP contribution is 2.37. The van der Waals surface area contributed by atoms with Crippen LogP contribution in [0.25, 0.3) is 11.1 Å². The van der Waals surface area contributed by atoms with Gasteiger partial charge < -0.3 is 4.74 Å². The first kappa shape index (κ1) is 17.7. The maximum Gasteiger partial charge on any atom is 0.201 e. The Morgan fingerprint density at radius 1 is 0.885 bits per heavy atom. The van der Waals surface area contributed by atoms with Crippen LogP contribution in [-0.4, -0.2) is 18.5 Å². The number of rotatable bonds is 3. The van der Waals surface area contributed by atoms with Gasteiger partial charge in [0.1, 0.15) is 6.10 Å². The Hall–Kier alpha value is -1.68. The van der Waals surface area contributed by atoms with E-state index in [2.05, 4.69) is 55.5 Å². The molecule has 1 spiro atoms. The Morgan fingerprint density at radius 3 is 2.31 bits per heavy atom. The van der Waals surface area contributed by atoms with Gasteiger partial charge in [-0.25, -0.2) is 9.78 Å². The van der Waals surface area contributed by atoms with Crippen LogP contribution in [0.5, 0.6) is 0 Å². The normalized spacial score (nSPS) is 24.1. The third-order valence-electron chi connectivity index (χ3n) is 5.81. The van der Waals surface area contributed by atoms with Crippen molar-refractivity contribution in [1.29, 1.82) is 0 Å². The SMILES string of the molecule is C[C@H](c1ccc(-c2ccccc2)cc1)[C@H]1CCOC2(CCCCC2)OO1. The summed E-state index contributed by atoms with van der Waals surface area (Å²) < 4.78 is 6.08. The molecule has 1 heterocycles. The molecule has 1 aliphatic heterocycles. The first-order chi connectivity index (χ1) is 12.8. The summed E-state index contributed by atoms with van der Waals surface area (Å²) in [5, 5.41) is 0. The minimum Gasteiger partial charge on any atom is -0.347 e. The maximum atomic E-state index is 6.08. The smallest absolute Gasteiger partial charge is 0.201 e. The lowest BCUT2D eigenvalue weighted by Crippen LogP contribution is -2.37. The zero-order chi connectivity index (χ0) is 17.8. The summed E-state index contributed by atoms with van der Waals surface area (Å²) in [5.74, 6) is -0.230. The van der Waals surface area contributed by atoms with Gasteiger partial charge in [-0.1, -0.05) is 67.9 Å². The van der Waals surface area contributed by atoms with Gasteiger partial charge in [-0.3, -0.25) is 0 Å². The molecule has 26 heavy (non-hydrogen) atoms. The molecule has 0 bridgehead atoms. The summed E-state index contributed by atoms with van der Waals surface area (Å²) in [6.45, 7) is 2.92. The summed E-state index contributed by atoms with van der Waals surface area (Å²) in [6.07, 6.45) is 6.36. The van der Waals surface area contributed by atoms with Crippen molar-refractivity contribution in [2.24, 2.45) is 0 Å². The fourth-order valence-corrected chi connectivity index (χ4v) is 4.06. The van der Waals surface area contributed by atoms with Crippen molar-refractivity contribution in [1.82, 2.24) is 0 Å². The van der Waals surface area contributed by atoms with E-state index in [-0.39, 0.29) is 12.0 Å². The van der Waals surface area contributed by atoms with Crippen LogP contribution in [0.2, 0.25) is 0 Å². The largest absolute Gasteiger partial charge is 0.347 e. The van der Waals surface area contributed by atoms with E-state index in [0.717, 1.165) is 32.1 Å². The fourth-order valence-electron chi connectivity index (χ4n) is 4.06. The topological polar surface area (TPSA) is 27.7 Å². The molecule has 0 unspecified atom stereocenters. The van der Waals surface area contributed by atoms with Gasteiger partial charge in [0.2, 0.25) is 5.79 Å². The minimum atomic E-state index is -0.496. The van der Waals surface area contributed by atoms with Crippen molar-refractivity contribution >= 4 is 0 Å². The highest BCUT2D eigenvalue weighted by molar-refractivity contribution is 5.63. The summed E-state index contributed by atoms with van der Waals surface area (Å²) in [5.41, 5.74) is 3.76. The zero-order valence-corrected chi connectivity index (χ0v) is 15.5. The Balaban J connectivity index is 1.43. The van der Waals surface area contributed by atoms with Crippen molar-refractivity contribution in [2.75, 3.05) is 6.61 Å². The molecule has 2 fully saturated rings. The number of hydrogen-bond acceptors (Lipinski definition) is 3. The second-order valence-electron chi connectivity index (χ2n) is 7.60. The molecule has 1 saturated carbocycles. The van der Waals surface area contributed by atoms with E-state index in [0.29, 0.717) is 6.61 Å². The molecule has 3 heteroatoms. The molecular weight excluding hydrogens is 324 g/mol. The highest BCUT2D eigenvalue weighted by Gasteiger charge is 2.39. The second kappa shape index (κ2) is 7.91. The van der Waals surface area contributed by atoms with Gasteiger partial charge >= 0.3 is 0 Å². The molecule has 2 atom stereocenters. The van der Waals surface area contributed by atoms with E-state index >= 15 is 0 Å². The predicted molar refractivity (Wildman–Crippen MR) is 103 cm³/mol. The minimum absolute atomic E-state index is 0.0267. The van der Waals surface area contributed by atoms with E-state index in [4.69, 9.17) is 14.5 Å². The third-order valence-corrected chi connectivity index (χ3v) is 5.81. The maximum absolute atomic E-state index is 6.08. The highest BCUT2D eigenvalue weighted by atomic mass is 17.2. The van der Waals surface area contributed by atoms with E-state index in [9.17, 15) is 0 Å². The van der Waals surface area contributed by atoms with Crippen LogP contribution < -0.4 is 0 Å². The summed E-state index contributed by atoms with van der Waals surface area (Å²) in [6, 6.07) is 19.3. The lowest BCUT2D eigenvalue weighted by Gasteiger charge is -2.34. The van der Waals surface area contributed by atoms with Crippen LogP contribution in [0.15, 0.2) is 54.6 Å². The van der Waals surface area contributed by atoms with Crippen molar-refractivity contribution in [3.63, 3.8) is 0 Å². The van der Waals surface area contributed by atoms with Gasteiger partial charge in [0.15, 0.2) is 0 Å². The summed E-state index contributed by atoms with van der Waals surface area (Å²) in [7, 11) is 0. The Bertz CT molecular complexity index is 689. The molecule has 138 valence electrons. The van der Waals surface area contributed by atoms with Crippen molar-refractivity contribution in [3.8, 4) is 11.1 Å². The van der Waals surface area contributed by atoms with Crippen LogP contribution in [-0.2, 0) is 14.5 Å². The van der Waals surface area contributed by atoms with E-state index in [1.165, 1.54) is 23.1 Å². The predicted octanol–water partition coefficient (Wildman–Crippen LogP) is 5.85. The molecule has 0 aromatic heterocycles. The first-order valence-corrected chi connectivity index (χ1v) is 9.90. The van der Waals surface area contributed by atoms with Crippen LogP contribution in [0.1, 0.15) is 56.9 Å². The molecular formula is C23H28O3. The second-order valence-corrected chi connectivity index (χ2v) is 7.60. The molecule has 0 N–H and O–H groups in total.